The monoisotopic (exact) mass is 211 g/mol. The third-order valence-corrected chi connectivity index (χ3v) is 2.38. The van der Waals surface area contributed by atoms with Crippen LogP contribution >= 0.6 is 0 Å². The quantitative estimate of drug-likeness (QED) is 0.799. The maximum absolute atomic E-state index is 13.5. The van der Waals surface area contributed by atoms with Gasteiger partial charge in [0.2, 0.25) is 0 Å². The van der Waals surface area contributed by atoms with Crippen molar-refractivity contribution in [1.82, 2.24) is 5.32 Å². The lowest BCUT2D eigenvalue weighted by Gasteiger charge is -2.16. The summed E-state index contributed by atoms with van der Waals surface area (Å²) < 4.78 is 13.5. The number of hydrogen-bond acceptors (Lipinski definition) is 2. The number of alkyl halides is 1. The Balaban J connectivity index is 2.81. The third-order valence-electron chi connectivity index (χ3n) is 2.38. The van der Waals surface area contributed by atoms with E-state index in [-0.39, 0.29) is 0 Å². The first kappa shape index (κ1) is 12.1. The molecular weight excluding hydrogens is 193 g/mol. The van der Waals surface area contributed by atoms with E-state index in [1.165, 1.54) is 13.8 Å². The van der Waals surface area contributed by atoms with E-state index in [2.05, 4.69) is 5.32 Å². The number of halogens is 1. The number of benzene rings is 1. The minimum atomic E-state index is -1.33. The fraction of sp³-hybridized carbons (Fsp3) is 0.500. The van der Waals surface area contributed by atoms with Crippen LogP contribution in [0.4, 0.5) is 4.39 Å². The summed E-state index contributed by atoms with van der Waals surface area (Å²) in [6, 6.07) is 6.96. The first-order valence-electron chi connectivity index (χ1n) is 5.07. The van der Waals surface area contributed by atoms with Gasteiger partial charge in [0.05, 0.1) is 6.10 Å². The van der Waals surface area contributed by atoms with Crippen molar-refractivity contribution < 1.29 is 9.50 Å². The highest BCUT2D eigenvalue weighted by atomic mass is 19.1. The van der Waals surface area contributed by atoms with E-state index < -0.39 is 11.8 Å². The van der Waals surface area contributed by atoms with Gasteiger partial charge < -0.3 is 10.4 Å². The second-order valence-corrected chi connectivity index (χ2v) is 4.17. The molecule has 1 aromatic carbocycles. The highest BCUT2D eigenvalue weighted by Crippen LogP contribution is 2.25. The molecule has 0 heterocycles. The van der Waals surface area contributed by atoms with Gasteiger partial charge in [-0.25, -0.2) is 4.39 Å². The molecule has 0 spiro atoms. The molecular formula is C12H18FNO. The number of rotatable bonds is 4. The number of aliphatic hydroxyl groups is 1. The molecule has 0 amide bonds. The fourth-order valence-electron chi connectivity index (χ4n) is 1.41. The SMILES string of the molecule is CNCC(O)c1ccc(C(C)(C)F)cc1. The lowest BCUT2D eigenvalue weighted by Crippen LogP contribution is -2.17. The first-order chi connectivity index (χ1) is 6.95. The zero-order valence-corrected chi connectivity index (χ0v) is 9.42. The van der Waals surface area contributed by atoms with Crippen LogP contribution in [-0.4, -0.2) is 18.7 Å². The zero-order chi connectivity index (χ0) is 11.5. The Labute approximate surface area is 90.1 Å². The lowest BCUT2D eigenvalue weighted by molar-refractivity contribution is 0.177. The average Bonchev–Trinajstić information content (AvgIpc) is 2.17. The Morgan fingerprint density at radius 3 is 2.27 bits per heavy atom. The summed E-state index contributed by atoms with van der Waals surface area (Å²) in [5.74, 6) is 0. The van der Waals surface area contributed by atoms with Crippen LogP contribution in [0.25, 0.3) is 0 Å². The molecule has 0 aromatic heterocycles. The van der Waals surface area contributed by atoms with Crippen molar-refractivity contribution in [2.75, 3.05) is 13.6 Å². The van der Waals surface area contributed by atoms with Crippen molar-refractivity contribution >= 4 is 0 Å². The van der Waals surface area contributed by atoms with Gasteiger partial charge in [0.25, 0.3) is 0 Å². The second kappa shape index (κ2) is 4.73. The molecule has 0 bridgehead atoms. The molecule has 1 unspecified atom stereocenters. The molecule has 0 fully saturated rings. The van der Waals surface area contributed by atoms with E-state index in [0.29, 0.717) is 12.1 Å². The minimum absolute atomic E-state index is 0.498. The van der Waals surface area contributed by atoms with Crippen molar-refractivity contribution in [3.05, 3.63) is 35.4 Å². The normalized spacial score (nSPS) is 13.9. The van der Waals surface area contributed by atoms with Gasteiger partial charge in [0.15, 0.2) is 0 Å². The molecule has 2 N–H and O–H groups in total. The Hall–Kier alpha value is -0.930. The van der Waals surface area contributed by atoms with Gasteiger partial charge in [-0.15, -0.1) is 0 Å². The third kappa shape index (κ3) is 3.29. The van der Waals surface area contributed by atoms with Crippen LogP contribution in [0.5, 0.6) is 0 Å². The van der Waals surface area contributed by atoms with Gasteiger partial charge in [-0.1, -0.05) is 24.3 Å². The molecule has 0 aliphatic carbocycles. The molecule has 1 atom stereocenters. The number of nitrogens with one attached hydrogen (secondary N) is 1. The molecule has 3 heteroatoms. The minimum Gasteiger partial charge on any atom is -0.387 e. The van der Waals surface area contributed by atoms with Gasteiger partial charge in [0.1, 0.15) is 5.67 Å². The Morgan fingerprint density at radius 1 is 1.33 bits per heavy atom. The molecule has 1 rings (SSSR count). The highest BCUT2D eigenvalue weighted by Gasteiger charge is 2.18. The van der Waals surface area contributed by atoms with E-state index in [0.717, 1.165) is 5.56 Å². The summed E-state index contributed by atoms with van der Waals surface area (Å²) in [5.41, 5.74) is 0.104. The average molecular weight is 211 g/mol. The van der Waals surface area contributed by atoms with Crippen molar-refractivity contribution in [1.29, 1.82) is 0 Å². The largest absolute Gasteiger partial charge is 0.387 e. The molecule has 0 saturated carbocycles. The van der Waals surface area contributed by atoms with Crippen LogP contribution in [0.3, 0.4) is 0 Å². The van der Waals surface area contributed by atoms with E-state index in [1.807, 2.05) is 0 Å². The molecule has 1 aromatic rings. The van der Waals surface area contributed by atoms with E-state index >= 15 is 0 Å². The number of likely N-dealkylation sites (N-methyl/N-ethyl adjacent to an activating group) is 1. The fourth-order valence-corrected chi connectivity index (χ4v) is 1.41. The number of hydrogen-bond donors (Lipinski definition) is 2. The molecule has 2 nitrogen and oxygen atoms in total. The Kier molecular flexibility index (Phi) is 3.83. The summed E-state index contributed by atoms with van der Waals surface area (Å²) in [4.78, 5) is 0. The number of aliphatic hydroxyl groups excluding tert-OH is 1. The van der Waals surface area contributed by atoms with E-state index in [1.54, 1.807) is 31.3 Å². The van der Waals surface area contributed by atoms with Crippen LogP contribution in [0.15, 0.2) is 24.3 Å². The van der Waals surface area contributed by atoms with E-state index in [9.17, 15) is 9.50 Å². The van der Waals surface area contributed by atoms with Gasteiger partial charge in [-0.05, 0) is 32.0 Å². The van der Waals surface area contributed by atoms with Crippen molar-refractivity contribution in [2.24, 2.45) is 0 Å². The van der Waals surface area contributed by atoms with Crippen molar-refractivity contribution in [3.63, 3.8) is 0 Å². The molecule has 84 valence electrons. The first-order valence-corrected chi connectivity index (χ1v) is 5.07. The predicted molar refractivity (Wildman–Crippen MR) is 59.5 cm³/mol. The molecule has 0 radical (unpaired) electrons. The van der Waals surface area contributed by atoms with Crippen molar-refractivity contribution in [3.8, 4) is 0 Å². The summed E-state index contributed by atoms with van der Waals surface area (Å²) in [5, 5.41) is 12.5. The van der Waals surface area contributed by atoms with Gasteiger partial charge in [-0.3, -0.25) is 0 Å². The predicted octanol–water partition coefficient (Wildman–Crippen LogP) is 2.14. The molecule has 15 heavy (non-hydrogen) atoms. The van der Waals surface area contributed by atoms with Crippen LogP contribution in [-0.2, 0) is 5.67 Å². The van der Waals surface area contributed by atoms with Crippen LogP contribution in [0, 0.1) is 0 Å². The van der Waals surface area contributed by atoms with Crippen LogP contribution in [0.2, 0.25) is 0 Å². The summed E-state index contributed by atoms with van der Waals surface area (Å²) in [6.45, 7) is 3.54. The van der Waals surface area contributed by atoms with Crippen LogP contribution < -0.4 is 5.32 Å². The summed E-state index contributed by atoms with van der Waals surface area (Å²) >= 11 is 0. The van der Waals surface area contributed by atoms with Crippen molar-refractivity contribution in [2.45, 2.75) is 25.6 Å². The molecule has 0 aliphatic rings. The summed E-state index contributed by atoms with van der Waals surface area (Å²) in [6.07, 6.45) is -0.535. The standard InChI is InChI=1S/C12H18FNO/c1-12(2,13)10-6-4-9(5-7-10)11(15)8-14-3/h4-7,11,14-15H,8H2,1-3H3. The van der Waals surface area contributed by atoms with Gasteiger partial charge in [-0.2, -0.15) is 0 Å². The maximum atomic E-state index is 13.5. The zero-order valence-electron chi connectivity index (χ0n) is 9.42. The van der Waals surface area contributed by atoms with Crippen LogP contribution in [0.1, 0.15) is 31.1 Å². The molecule has 0 saturated heterocycles. The topological polar surface area (TPSA) is 32.3 Å². The Bertz CT molecular complexity index is 302. The smallest absolute Gasteiger partial charge is 0.130 e. The van der Waals surface area contributed by atoms with Gasteiger partial charge >= 0.3 is 0 Å². The summed E-state index contributed by atoms with van der Waals surface area (Å²) in [7, 11) is 1.78. The lowest BCUT2D eigenvalue weighted by atomic mass is 9.97. The highest BCUT2D eigenvalue weighted by molar-refractivity contribution is 5.27. The maximum Gasteiger partial charge on any atom is 0.130 e. The Morgan fingerprint density at radius 2 is 1.87 bits per heavy atom. The van der Waals surface area contributed by atoms with E-state index in [4.69, 9.17) is 0 Å². The molecule has 0 aliphatic heterocycles. The van der Waals surface area contributed by atoms with Gasteiger partial charge in [0, 0.05) is 6.54 Å². The second-order valence-electron chi connectivity index (χ2n) is 4.17.